The van der Waals surface area contributed by atoms with Crippen molar-refractivity contribution in [1.29, 1.82) is 0 Å². The molecule has 1 aromatic heterocycles. The molecule has 2 rings (SSSR count). The van der Waals surface area contributed by atoms with Gasteiger partial charge in [0.2, 0.25) is 0 Å². The lowest BCUT2D eigenvalue weighted by atomic mass is 10.2. The Bertz CT molecular complexity index is 568. The SMILES string of the molecule is COc1c(C(F)(F)F)nc2ccccc2c1Br. The number of hydrogen-bond donors (Lipinski definition) is 0. The number of hydrogen-bond acceptors (Lipinski definition) is 2. The molecule has 0 spiro atoms. The third-order valence-electron chi connectivity index (χ3n) is 2.26. The number of halogens is 4. The summed E-state index contributed by atoms with van der Waals surface area (Å²) >= 11 is 3.12. The van der Waals surface area contributed by atoms with Gasteiger partial charge in [0.25, 0.3) is 0 Å². The summed E-state index contributed by atoms with van der Waals surface area (Å²) in [5.41, 5.74) is -0.752. The molecular weight excluding hydrogens is 299 g/mol. The van der Waals surface area contributed by atoms with Crippen molar-refractivity contribution in [3.8, 4) is 5.75 Å². The van der Waals surface area contributed by atoms with Crippen LogP contribution in [0.4, 0.5) is 13.2 Å². The molecule has 0 aliphatic heterocycles. The number of aromatic nitrogens is 1. The number of fused-ring (bicyclic) bond motifs is 1. The van der Waals surface area contributed by atoms with Gasteiger partial charge in [0, 0.05) is 5.39 Å². The lowest BCUT2D eigenvalue weighted by molar-refractivity contribution is -0.142. The summed E-state index contributed by atoms with van der Waals surface area (Å²) in [5, 5.41) is 0.581. The molecule has 6 heteroatoms. The van der Waals surface area contributed by atoms with Crippen LogP contribution in [-0.4, -0.2) is 12.1 Å². The zero-order chi connectivity index (χ0) is 12.6. The van der Waals surface area contributed by atoms with E-state index in [1.165, 1.54) is 13.2 Å². The fourth-order valence-corrected chi connectivity index (χ4v) is 2.22. The number of ether oxygens (including phenoxy) is 1. The molecule has 17 heavy (non-hydrogen) atoms. The van der Waals surface area contributed by atoms with Crippen molar-refractivity contribution in [3.63, 3.8) is 0 Å². The maximum Gasteiger partial charge on any atom is 0.437 e. The monoisotopic (exact) mass is 305 g/mol. The van der Waals surface area contributed by atoms with Crippen molar-refractivity contribution in [1.82, 2.24) is 4.98 Å². The normalized spacial score (nSPS) is 11.8. The average Bonchev–Trinajstić information content (AvgIpc) is 2.28. The first kappa shape index (κ1) is 12.2. The Balaban J connectivity index is 2.85. The molecule has 0 aliphatic rings. The highest BCUT2D eigenvalue weighted by Gasteiger charge is 2.38. The molecule has 0 N–H and O–H groups in total. The second kappa shape index (κ2) is 4.18. The molecule has 0 amide bonds. The van der Waals surface area contributed by atoms with E-state index in [-0.39, 0.29) is 15.7 Å². The topological polar surface area (TPSA) is 22.1 Å². The molecular formula is C11H7BrF3NO. The largest absolute Gasteiger partial charge is 0.493 e. The number of para-hydroxylation sites is 1. The van der Waals surface area contributed by atoms with E-state index in [0.717, 1.165) is 0 Å². The summed E-state index contributed by atoms with van der Waals surface area (Å²) in [7, 11) is 1.19. The van der Waals surface area contributed by atoms with Crippen molar-refractivity contribution in [2.75, 3.05) is 7.11 Å². The van der Waals surface area contributed by atoms with Crippen LogP contribution >= 0.6 is 15.9 Å². The van der Waals surface area contributed by atoms with E-state index in [0.29, 0.717) is 5.39 Å². The van der Waals surface area contributed by atoms with Crippen LogP contribution in [0.1, 0.15) is 5.69 Å². The summed E-state index contributed by atoms with van der Waals surface area (Å²) in [5.74, 6) is -0.295. The van der Waals surface area contributed by atoms with Gasteiger partial charge in [0.1, 0.15) is 0 Å². The quantitative estimate of drug-likeness (QED) is 0.794. The second-order valence-electron chi connectivity index (χ2n) is 3.32. The zero-order valence-electron chi connectivity index (χ0n) is 8.68. The van der Waals surface area contributed by atoms with Crippen LogP contribution in [0, 0.1) is 0 Å². The highest BCUT2D eigenvalue weighted by molar-refractivity contribution is 9.10. The molecule has 90 valence electrons. The summed E-state index contributed by atoms with van der Waals surface area (Å²) in [6.45, 7) is 0. The Labute approximate surface area is 104 Å². The van der Waals surface area contributed by atoms with Crippen molar-refractivity contribution in [2.24, 2.45) is 0 Å². The fraction of sp³-hybridized carbons (Fsp3) is 0.182. The summed E-state index contributed by atoms with van der Waals surface area (Å²) in [6, 6.07) is 6.56. The highest BCUT2D eigenvalue weighted by Crippen LogP contribution is 2.41. The van der Waals surface area contributed by atoms with Gasteiger partial charge in [-0.3, -0.25) is 0 Å². The summed E-state index contributed by atoms with van der Waals surface area (Å²) < 4.78 is 43.4. The number of pyridine rings is 1. The molecule has 0 bridgehead atoms. The summed E-state index contributed by atoms with van der Waals surface area (Å²) in [4.78, 5) is 3.60. The van der Waals surface area contributed by atoms with Crippen LogP contribution in [-0.2, 0) is 6.18 Å². The molecule has 0 aliphatic carbocycles. The molecule has 0 saturated carbocycles. The predicted octanol–water partition coefficient (Wildman–Crippen LogP) is 4.02. The first-order chi connectivity index (χ1) is 7.95. The zero-order valence-corrected chi connectivity index (χ0v) is 10.3. The highest BCUT2D eigenvalue weighted by atomic mass is 79.9. The fourth-order valence-electron chi connectivity index (χ4n) is 1.53. The van der Waals surface area contributed by atoms with Gasteiger partial charge in [-0.25, -0.2) is 4.98 Å². The van der Waals surface area contributed by atoms with Crippen molar-refractivity contribution in [2.45, 2.75) is 6.18 Å². The van der Waals surface area contributed by atoms with Crippen molar-refractivity contribution < 1.29 is 17.9 Å². The first-order valence-corrected chi connectivity index (χ1v) is 5.44. The number of alkyl halides is 3. The third-order valence-corrected chi connectivity index (χ3v) is 3.05. The maximum atomic E-state index is 12.8. The van der Waals surface area contributed by atoms with E-state index in [9.17, 15) is 13.2 Å². The van der Waals surface area contributed by atoms with Gasteiger partial charge in [0.05, 0.1) is 17.1 Å². The third kappa shape index (κ3) is 2.09. The Kier molecular flexibility index (Phi) is 2.99. The maximum absolute atomic E-state index is 12.8. The van der Waals surface area contributed by atoms with E-state index < -0.39 is 11.9 Å². The Morgan fingerprint density at radius 1 is 1.24 bits per heavy atom. The minimum absolute atomic E-state index is 0.262. The van der Waals surface area contributed by atoms with Gasteiger partial charge in [-0.1, -0.05) is 18.2 Å². The van der Waals surface area contributed by atoms with Gasteiger partial charge < -0.3 is 4.74 Å². The van der Waals surface area contributed by atoms with Gasteiger partial charge in [-0.05, 0) is 22.0 Å². The minimum atomic E-state index is -4.54. The molecule has 0 unspecified atom stereocenters. The standard InChI is InChI=1S/C11H7BrF3NO/c1-17-9-8(12)6-4-2-3-5-7(6)16-10(9)11(13,14)15/h2-5H,1H3. The minimum Gasteiger partial charge on any atom is -0.493 e. The molecule has 2 aromatic rings. The van der Waals surface area contributed by atoms with E-state index in [1.54, 1.807) is 18.2 Å². The van der Waals surface area contributed by atoms with Crippen LogP contribution in [0.3, 0.4) is 0 Å². The lowest BCUT2D eigenvalue weighted by Gasteiger charge is -2.14. The number of methoxy groups -OCH3 is 1. The van der Waals surface area contributed by atoms with Crippen LogP contribution in [0.5, 0.6) is 5.75 Å². The second-order valence-corrected chi connectivity index (χ2v) is 4.12. The van der Waals surface area contributed by atoms with Crippen LogP contribution in [0.2, 0.25) is 0 Å². The number of nitrogens with zero attached hydrogens (tertiary/aromatic N) is 1. The predicted molar refractivity (Wildman–Crippen MR) is 61.0 cm³/mol. The molecule has 0 fully saturated rings. The molecule has 0 atom stereocenters. The van der Waals surface area contributed by atoms with Gasteiger partial charge in [-0.15, -0.1) is 0 Å². The van der Waals surface area contributed by atoms with Crippen LogP contribution < -0.4 is 4.74 Å². The van der Waals surface area contributed by atoms with Crippen LogP contribution in [0.25, 0.3) is 10.9 Å². The van der Waals surface area contributed by atoms with E-state index in [2.05, 4.69) is 20.9 Å². The smallest absolute Gasteiger partial charge is 0.437 e. The lowest BCUT2D eigenvalue weighted by Crippen LogP contribution is -2.11. The van der Waals surface area contributed by atoms with Crippen molar-refractivity contribution in [3.05, 3.63) is 34.4 Å². The summed E-state index contributed by atoms with van der Waals surface area (Å²) in [6.07, 6.45) is -4.54. The molecule has 2 nitrogen and oxygen atoms in total. The Hall–Kier alpha value is -1.30. The first-order valence-electron chi connectivity index (χ1n) is 4.64. The van der Waals surface area contributed by atoms with E-state index in [1.807, 2.05) is 0 Å². The van der Waals surface area contributed by atoms with Gasteiger partial charge in [-0.2, -0.15) is 13.2 Å². The number of benzene rings is 1. The van der Waals surface area contributed by atoms with Gasteiger partial charge >= 0.3 is 6.18 Å². The van der Waals surface area contributed by atoms with E-state index in [4.69, 9.17) is 4.74 Å². The molecule has 1 aromatic carbocycles. The Morgan fingerprint density at radius 3 is 2.47 bits per heavy atom. The molecule has 0 radical (unpaired) electrons. The average molecular weight is 306 g/mol. The Morgan fingerprint density at radius 2 is 1.88 bits per heavy atom. The molecule has 1 heterocycles. The van der Waals surface area contributed by atoms with Crippen molar-refractivity contribution >= 4 is 26.8 Å². The molecule has 0 saturated heterocycles. The van der Waals surface area contributed by atoms with E-state index >= 15 is 0 Å². The van der Waals surface area contributed by atoms with Crippen LogP contribution in [0.15, 0.2) is 28.7 Å². The number of rotatable bonds is 1. The van der Waals surface area contributed by atoms with Gasteiger partial charge in [0.15, 0.2) is 11.4 Å².